The van der Waals surface area contributed by atoms with Crippen molar-refractivity contribution in [3.05, 3.63) is 0 Å². The average molecular weight is 229 g/mol. The highest BCUT2D eigenvalue weighted by atomic mass is 32.1. The van der Waals surface area contributed by atoms with Gasteiger partial charge < -0.3 is 10.6 Å². The third-order valence-electron chi connectivity index (χ3n) is 3.23. The Labute approximate surface area is 98.6 Å². The molecule has 4 heteroatoms. The first-order valence-electron chi connectivity index (χ1n) is 5.68. The van der Waals surface area contributed by atoms with E-state index in [-0.39, 0.29) is 6.04 Å². The van der Waals surface area contributed by atoms with Crippen molar-refractivity contribution < 1.29 is 0 Å². The third kappa shape index (κ3) is 4.05. The van der Waals surface area contributed by atoms with E-state index in [1.165, 1.54) is 19.4 Å². The van der Waals surface area contributed by atoms with Crippen LogP contribution in [0.1, 0.15) is 19.8 Å². The maximum absolute atomic E-state index is 5.66. The zero-order valence-corrected chi connectivity index (χ0v) is 10.9. The van der Waals surface area contributed by atoms with Crippen LogP contribution in [0.5, 0.6) is 0 Å². The van der Waals surface area contributed by atoms with Gasteiger partial charge in [0.05, 0.1) is 11.0 Å². The van der Waals surface area contributed by atoms with Crippen LogP contribution in [0.25, 0.3) is 0 Å². The minimum Gasteiger partial charge on any atom is -0.392 e. The van der Waals surface area contributed by atoms with Crippen molar-refractivity contribution in [1.82, 2.24) is 9.80 Å². The molecule has 0 saturated carbocycles. The van der Waals surface area contributed by atoms with Gasteiger partial charge in [0, 0.05) is 6.54 Å². The second kappa shape index (κ2) is 5.77. The van der Waals surface area contributed by atoms with E-state index in [4.69, 9.17) is 18.0 Å². The van der Waals surface area contributed by atoms with E-state index in [1.54, 1.807) is 0 Å². The molecule has 0 bridgehead atoms. The molecule has 1 atom stereocenters. The molecule has 1 saturated heterocycles. The topological polar surface area (TPSA) is 32.5 Å². The van der Waals surface area contributed by atoms with E-state index in [9.17, 15) is 0 Å². The van der Waals surface area contributed by atoms with Crippen molar-refractivity contribution in [2.75, 3.05) is 33.7 Å². The predicted molar refractivity (Wildman–Crippen MR) is 69.1 cm³/mol. The summed E-state index contributed by atoms with van der Waals surface area (Å²) in [5, 5.41) is 0. The molecule has 3 nitrogen and oxygen atoms in total. The number of hydrogen-bond donors (Lipinski definition) is 1. The van der Waals surface area contributed by atoms with Gasteiger partial charge in [-0.25, -0.2) is 0 Å². The van der Waals surface area contributed by atoms with E-state index >= 15 is 0 Å². The smallest absolute Gasteiger partial charge is 0.0899 e. The highest BCUT2D eigenvalue weighted by Gasteiger charge is 2.23. The summed E-state index contributed by atoms with van der Waals surface area (Å²) in [5.74, 6) is 0.842. The molecular formula is C11H23N3S. The van der Waals surface area contributed by atoms with E-state index in [0.717, 1.165) is 19.0 Å². The monoisotopic (exact) mass is 229 g/mol. The first-order valence-corrected chi connectivity index (χ1v) is 6.09. The summed E-state index contributed by atoms with van der Waals surface area (Å²) in [6.45, 7) is 5.58. The van der Waals surface area contributed by atoms with Crippen molar-refractivity contribution in [3.63, 3.8) is 0 Å². The molecule has 0 aliphatic carbocycles. The van der Waals surface area contributed by atoms with Crippen LogP contribution in [-0.4, -0.2) is 54.6 Å². The fraction of sp³-hybridized carbons (Fsp3) is 0.909. The second-order valence-electron chi connectivity index (χ2n) is 4.82. The van der Waals surface area contributed by atoms with E-state index in [0.29, 0.717) is 4.99 Å². The highest BCUT2D eigenvalue weighted by molar-refractivity contribution is 7.80. The van der Waals surface area contributed by atoms with Crippen LogP contribution in [0.15, 0.2) is 0 Å². The van der Waals surface area contributed by atoms with Gasteiger partial charge in [0.25, 0.3) is 0 Å². The van der Waals surface area contributed by atoms with Crippen LogP contribution in [0.4, 0.5) is 0 Å². The van der Waals surface area contributed by atoms with Crippen molar-refractivity contribution in [1.29, 1.82) is 0 Å². The third-order valence-corrected chi connectivity index (χ3v) is 3.57. The van der Waals surface area contributed by atoms with E-state index < -0.39 is 0 Å². The summed E-state index contributed by atoms with van der Waals surface area (Å²) in [7, 11) is 4.29. The fourth-order valence-corrected chi connectivity index (χ4v) is 2.37. The zero-order chi connectivity index (χ0) is 11.4. The van der Waals surface area contributed by atoms with Gasteiger partial charge in [-0.1, -0.05) is 12.2 Å². The van der Waals surface area contributed by atoms with Crippen LogP contribution in [0.3, 0.4) is 0 Å². The summed E-state index contributed by atoms with van der Waals surface area (Å²) >= 11 is 5.03. The molecule has 0 aromatic heterocycles. The van der Waals surface area contributed by atoms with Gasteiger partial charge in [0.2, 0.25) is 0 Å². The van der Waals surface area contributed by atoms with Gasteiger partial charge in [-0.05, 0) is 52.9 Å². The highest BCUT2D eigenvalue weighted by Crippen LogP contribution is 2.19. The minimum atomic E-state index is 0.264. The predicted octanol–water partition coefficient (Wildman–Crippen LogP) is 0.935. The van der Waals surface area contributed by atoms with Crippen LogP contribution in [0.2, 0.25) is 0 Å². The Bertz CT molecular complexity index is 210. The summed E-state index contributed by atoms with van der Waals surface area (Å²) in [6, 6.07) is 0.264. The van der Waals surface area contributed by atoms with Crippen molar-refractivity contribution in [2.45, 2.75) is 25.8 Å². The maximum Gasteiger partial charge on any atom is 0.0899 e. The summed E-state index contributed by atoms with van der Waals surface area (Å²) in [6.07, 6.45) is 2.54. The van der Waals surface area contributed by atoms with Crippen LogP contribution >= 0.6 is 12.2 Å². The molecule has 1 aliphatic rings. The molecule has 1 unspecified atom stereocenters. The standard InChI is InChI=1S/C11H23N3S/c1-9(11(12)15)14-6-4-10(5-7-14)8-13(2)3/h9-10H,4-8H2,1-3H3,(H2,12,15). The van der Waals surface area contributed by atoms with E-state index in [2.05, 4.69) is 30.8 Å². The normalized spacial score (nSPS) is 21.9. The minimum absolute atomic E-state index is 0.264. The largest absolute Gasteiger partial charge is 0.392 e. The number of rotatable bonds is 4. The molecule has 1 heterocycles. The second-order valence-corrected chi connectivity index (χ2v) is 5.29. The van der Waals surface area contributed by atoms with Crippen molar-refractivity contribution in [3.8, 4) is 0 Å². The number of nitrogens with two attached hydrogens (primary N) is 1. The van der Waals surface area contributed by atoms with Crippen LogP contribution < -0.4 is 5.73 Å². The van der Waals surface area contributed by atoms with Crippen molar-refractivity contribution in [2.24, 2.45) is 11.7 Å². The lowest BCUT2D eigenvalue weighted by Crippen LogP contribution is -2.46. The Morgan fingerprint density at radius 1 is 1.47 bits per heavy atom. The molecule has 0 aromatic rings. The number of nitrogens with zero attached hydrogens (tertiary/aromatic N) is 2. The maximum atomic E-state index is 5.66. The Hall–Kier alpha value is -0.190. The molecule has 1 rings (SSSR count). The molecule has 2 N–H and O–H groups in total. The van der Waals surface area contributed by atoms with Crippen LogP contribution in [0, 0.1) is 5.92 Å². The Kier molecular flexibility index (Phi) is 4.96. The molecular weight excluding hydrogens is 206 g/mol. The van der Waals surface area contributed by atoms with Gasteiger partial charge >= 0.3 is 0 Å². The summed E-state index contributed by atoms with van der Waals surface area (Å²) in [5.41, 5.74) is 5.66. The summed E-state index contributed by atoms with van der Waals surface area (Å²) in [4.78, 5) is 5.30. The first kappa shape index (κ1) is 12.9. The summed E-state index contributed by atoms with van der Waals surface area (Å²) < 4.78 is 0. The number of likely N-dealkylation sites (tertiary alicyclic amines) is 1. The molecule has 88 valence electrons. The van der Waals surface area contributed by atoms with Crippen molar-refractivity contribution >= 4 is 17.2 Å². The SMILES string of the molecule is CC(C(N)=S)N1CCC(CN(C)C)CC1. The number of thiocarbonyl (C=S) groups is 1. The molecule has 1 aliphatic heterocycles. The van der Waals surface area contributed by atoms with Gasteiger partial charge in [-0.3, -0.25) is 4.90 Å². The Morgan fingerprint density at radius 3 is 2.40 bits per heavy atom. The van der Waals surface area contributed by atoms with E-state index in [1.807, 2.05) is 0 Å². The molecule has 0 radical (unpaired) electrons. The molecule has 0 aromatic carbocycles. The van der Waals surface area contributed by atoms with Crippen LogP contribution in [-0.2, 0) is 0 Å². The molecule has 0 spiro atoms. The van der Waals surface area contributed by atoms with Gasteiger partial charge in [0.1, 0.15) is 0 Å². The lowest BCUT2D eigenvalue weighted by molar-refractivity contribution is 0.151. The molecule has 0 amide bonds. The van der Waals surface area contributed by atoms with Gasteiger partial charge in [0.15, 0.2) is 0 Å². The zero-order valence-electron chi connectivity index (χ0n) is 10.1. The van der Waals surface area contributed by atoms with Gasteiger partial charge in [-0.2, -0.15) is 0 Å². The fourth-order valence-electron chi connectivity index (χ4n) is 2.22. The Morgan fingerprint density at radius 2 is 2.00 bits per heavy atom. The molecule has 15 heavy (non-hydrogen) atoms. The number of hydrogen-bond acceptors (Lipinski definition) is 3. The quantitative estimate of drug-likeness (QED) is 0.727. The Balaban J connectivity index is 2.32. The lowest BCUT2D eigenvalue weighted by atomic mass is 9.95. The first-order chi connectivity index (χ1) is 7.00. The molecule has 1 fully saturated rings. The lowest BCUT2D eigenvalue weighted by Gasteiger charge is -2.36. The average Bonchev–Trinajstić information content (AvgIpc) is 2.17. The van der Waals surface area contributed by atoms with Gasteiger partial charge in [-0.15, -0.1) is 0 Å². The number of piperidine rings is 1.